The Hall–Kier alpha value is -3.04. The number of amides is 2. The Kier molecular flexibility index (Phi) is 5.18. The van der Waals surface area contributed by atoms with Crippen molar-refractivity contribution in [3.05, 3.63) is 47.7 Å². The lowest BCUT2D eigenvalue weighted by atomic mass is 10.2. The first-order valence-corrected chi connectivity index (χ1v) is 9.75. The summed E-state index contributed by atoms with van der Waals surface area (Å²) < 4.78 is 7.06. The molecular weight excluding hydrogens is 378 g/mol. The zero-order valence-electron chi connectivity index (χ0n) is 15.2. The molecule has 0 saturated carbocycles. The van der Waals surface area contributed by atoms with E-state index in [0.717, 1.165) is 23.4 Å². The van der Waals surface area contributed by atoms with Crippen molar-refractivity contribution in [1.29, 1.82) is 0 Å². The summed E-state index contributed by atoms with van der Waals surface area (Å²) in [6, 6.07) is 6.95. The Balaban J connectivity index is 1.37. The van der Waals surface area contributed by atoms with Gasteiger partial charge in [-0.15, -0.1) is 11.3 Å². The molecule has 2 aromatic heterocycles. The average Bonchev–Trinajstić information content (AvgIpc) is 3.44. The highest BCUT2D eigenvalue weighted by Gasteiger charge is 2.23. The highest BCUT2D eigenvalue weighted by Crippen LogP contribution is 2.24. The van der Waals surface area contributed by atoms with E-state index >= 15 is 0 Å². The Morgan fingerprint density at radius 3 is 2.61 bits per heavy atom. The lowest BCUT2D eigenvalue weighted by molar-refractivity contribution is -0.124. The van der Waals surface area contributed by atoms with Crippen molar-refractivity contribution in [3.63, 3.8) is 0 Å². The van der Waals surface area contributed by atoms with Crippen LogP contribution in [0.3, 0.4) is 0 Å². The third kappa shape index (κ3) is 4.10. The first-order chi connectivity index (χ1) is 13.6. The minimum Gasteiger partial charge on any atom is -0.368 e. The van der Waals surface area contributed by atoms with Crippen LogP contribution in [0.1, 0.15) is 23.3 Å². The summed E-state index contributed by atoms with van der Waals surface area (Å²) >= 11 is 1.39. The van der Waals surface area contributed by atoms with Crippen LogP contribution in [0.15, 0.2) is 42.0 Å². The predicted octanol–water partition coefficient (Wildman–Crippen LogP) is 2.91. The van der Waals surface area contributed by atoms with E-state index in [1.807, 2.05) is 13.2 Å². The van der Waals surface area contributed by atoms with E-state index in [4.69, 9.17) is 4.74 Å². The second-order valence-corrected chi connectivity index (χ2v) is 7.32. The van der Waals surface area contributed by atoms with E-state index in [2.05, 4.69) is 20.7 Å². The lowest BCUT2D eigenvalue weighted by Crippen LogP contribution is -2.26. The second-order valence-electron chi connectivity index (χ2n) is 6.46. The molecule has 1 aromatic carbocycles. The fourth-order valence-electron chi connectivity index (χ4n) is 2.88. The van der Waals surface area contributed by atoms with Crippen LogP contribution >= 0.6 is 11.3 Å². The van der Waals surface area contributed by atoms with Gasteiger partial charge in [0.1, 0.15) is 16.8 Å². The van der Waals surface area contributed by atoms with Gasteiger partial charge in [-0.05, 0) is 37.1 Å². The van der Waals surface area contributed by atoms with Crippen LogP contribution in [-0.2, 0) is 16.6 Å². The number of nitrogens with zero attached hydrogens (tertiary/aromatic N) is 3. The molecule has 3 aromatic rings. The predicted molar refractivity (Wildman–Crippen MR) is 106 cm³/mol. The smallest absolute Gasteiger partial charge is 0.275 e. The fraction of sp³-hybridized carbons (Fsp3) is 0.263. The molecule has 3 heterocycles. The number of carbonyl (C=O) groups is 2. The highest BCUT2D eigenvalue weighted by molar-refractivity contribution is 7.13. The Labute approximate surface area is 165 Å². The summed E-state index contributed by atoms with van der Waals surface area (Å²) in [7, 11) is 1.83. The van der Waals surface area contributed by atoms with Crippen LogP contribution in [0, 0.1) is 0 Å². The maximum absolute atomic E-state index is 12.4. The van der Waals surface area contributed by atoms with E-state index < -0.39 is 0 Å². The summed E-state index contributed by atoms with van der Waals surface area (Å²) in [5.74, 6) is -0.428. The van der Waals surface area contributed by atoms with Crippen LogP contribution in [0.25, 0.3) is 10.6 Å². The molecule has 0 unspecified atom stereocenters. The molecular formula is C19H19N5O3S. The molecule has 0 aliphatic carbocycles. The first-order valence-electron chi connectivity index (χ1n) is 8.87. The molecule has 1 saturated heterocycles. The number of aromatic nitrogens is 3. The standard InChI is InChI=1S/C19H19N5O3S/c1-24-10-12(9-20-24)19-23-15(11-28-19)17(25)21-13-4-6-14(7-5-13)22-18(26)16-3-2-8-27-16/h4-7,9-11,16H,2-3,8H2,1H3,(H,21,25)(H,22,26)/t16-/m1/s1. The number of nitrogens with one attached hydrogen (secondary N) is 2. The molecule has 144 valence electrons. The maximum Gasteiger partial charge on any atom is 0.275 e. The van der Waals surface area contributed by atoms with Gasteiger partial charge in [0.05, 0.1) is 6.20 Å². The molecule has 4 rings (SSSR count). The number of hydrogen-bond acceptors (Lipinski definition) is 6. The monoisotopic (exact) mass is 397 g/mol. The third-order valence-electron chi connectivity index (χ3n) is 4.32. The average molecular weight is 397 g/mol. The Bertz CT molecular complexity index is 989. The van der Waals surface area contributed by atoms with Crippen LogP contribution in [0.4, 0.5) is 11.4 Å². The number of benzene rings is 1. The van der Waals surface area contributed by atoms with Crippen LogP contribution in [-0.4, -0.2) is 39.3 Å². The molecule has 1 aliphatic heterocycles. The van der Waals surface area contributed by atoms with Crippen molar-refractivity contribution in [2.75, 3.05) is 17.2 Å². The molecule has 0 spiro atoms. The van der Waals surface area contributed by atoms with Crippen LogP contribution < -0.4 is 10.6 Å². The van der Waals surface area contributed by atoms with E-state index in [0.29, 0.717) is 23.7 Å². The minimum absolute atomic E-state index is 0.139. The van der Waals surface area contributed by atoms with Crippen molar-refractivity contribution in [3.8, 4) is 10.6 Å². The van der Waals surface area contributed by atoms with Gasteiger partial charge in [0.2, 0.25) is 0 Å². The zero-order valence-corrected chi connectivity index (χ0v) is 16.0. The quantitative estimate of drug-likeness (QED) is 0.690. The molecule has 2 amide bonds. The molecule has 9 heteroatoms. The van der Waals surface area contributed by atoms with Gasteiger partial charge < -0.3 is 15.4 Å². The Morgan fingerprint density at radius 2 is 1.96 bits per heavy atom. The number of rotatable bonds is 5. The Morgan fingerprint density at radius 1 is 1.21 bits per heavy atom. The van der Waals surface area contributed by atoms with E-state index in [1.54, 1.807) is 40.5 Å². The van der Waals surface area contributed by atoms with E-state index in [9.17, 15) is 9.59 Å². The molecule has 1 aliphatic rings. The largest absolute Gasteiger partial charge is 0.368 e. The summed E-state index contributed by atoms with van der Waals surface area (Å²) in [6.45, 7) is 0.627. The summed E-state index contributed by atoms with van der Waals surface area (Å²) in [6.07, 6.45) is 4.84. The van der Waals surface area contributed by atoms with Gasteiger partial charge in [-0.2, -0.15) is 5.10 Å². The number of thiazole rings is 1. The number of anilines is 2. The van der Waals surface area contributed by atoms with E-state index in [-0.39, 0.29) is 17.9 Å². The molecule has 8 nitrogen and oxygen atoms in total. The van der Waals surface area contributed by atoms with Gasteiger partial charge >= 0.3 is 0 Å². The number of aryl methyl sites for hydroxylation is 1. The van der Waals surface area contributed by atoms with Crippen molar-refractivity contribution < 1.29 is 14.3 Å². The zero-order chi connectivity index (χ0) is 19.5. The summed E-state index contributed by atoms with van der Waals surface area (Å²) in [5.41, 5.74) is 2.50. The molecule has 2 N–H and O–H groups in total. The highest BCUT2D eigenvalue weighted by atomic mass is 32.1. The van der Waals surface area contributed by atoms with Crippen molar-refractivity contribution in [1.82, 2.24) is 14.8 Å². The third-order valence-corrected chi connectivity index (χ3v) is 5.21. The van der Waals surface area contributed by atoms with Crippen LogP contribution in [0.2, 0.25) is 0 Å². The second kappa shape index (κ2) is 7.91. The normalized spacial score (nSPS) is 16.1. The van der Waals surface area contributed by atoms with Crippen molar-refractivity contribution in [2.45, 2.75) is 18.9 Å². The fourth-order valence-corrected chi connectivity index (χ4v) is 3.66. The summed E-state index contributed by atoms with van der Waals surface area (Å²) in [4.78, 5) is 28.9. The number of hydrogen-bond donors (Lipinski definition) is 2. The SMILES string of the molecule is Cn1cc(-c2nc(C(=O)Nc3ccc(NC(=O)[C@H]4CCCO4)cc3)cs2)cn1. The molecule has 0 radical (unpaired) electrons. The van der Waals surface area contributed by atoms with Gasteiger partial charge in [-0.25, -0.2) is 4.98 Å². The van der Waals surface area contributed by atoms with Gasteiger partial charge in [0.15, 0.2) is 0 Å². The minimum atomic E-state index is -0.377. The van der Waals surface area contributed by atoms with Crippen LogP contribution in [0.5, 0.6) is 0 Å². The molecule has 1 fully saturated rings. The molecule has 0 bridgehead atoms. The maximum atomic E-state index is 12.4. The molecule has 28 heavy (non-hydrogen) atoms. The van der Waals surface area contributed by atoms with Crippen molar-refractivity contribution in [2.24, 2.45) is 7.05 Å². The van der Waals surface area contributed by atoms with Gasteiger partial charge in [-0.3, -0.25) is 14.3 Å². The summed E-state index contributed by atoms with van der Waals surface area (Å²) in [5, 5.41) is 12.2. The topological polar surface area (TPSA) is 98.1 Å². The first kappa shape index (κ1) is 18.3. The number of carbonyl (C=O) groups excluding carboxylic acids is 2. The van der Waals surface area contributed by atoms with Gasteiger partial charge in [-0.1, -0.05) is 0 Å². The lowest BCUT2D eigenvalue weighted by Gasteiger charge is -2.11. The van der Waals surface area contributed by atoms with Crippen molar-refractivity contribution >= 4 is 34.5 Å². The van der Waals surface area contributed by atoms with Gasteiger partial charge in [0.25, 0.3) is 11.8 Å². The van der Waals surface area contributed by atoms with Gasteiger partial charge in [0, 0.05) is 42.2 Å². The molecule has 1 atom stereocenters. The number of ether oxygens (including phenoxy) is 1. The van der Waals surface area contributed by atoms with E-state index in [1.165, 1.54) is 11.3 Å².